The van der Waals surface area contributed by atoms with Gasteiger partial charge in [0, 0.05) is 12.6 Å². The minimum absolute atomic E-state index is 0.509. The number of nitriles is 1. The summed E-state index contributed by atoms with van der Waals surface area (Å²) in [5, 5.41) is 9.28. The highest BCUT2D eigenvalue weighted by Crippen LogP contribution is 2.33. The van der Waals surface area contributed by atoms with Gasteiger partial charge in [-0.05, 0) is 49.8 Å². The van der Waals surface area contributed by atoms with Crippen LogP contribution in [0.4, 0.5) is 5.69 Å². The van der Waals surface area contributed by atoms with Gasteiger partial charge in [-0.25, -0.2) is 0 Å². The fraction of sp³-hybridized carbons (Fsp3) is 0.562. The first-order valence-corrected chi connectivity index (χ1v) is 6.80. The number of aryl methyl sites for hydroxylation is 1. The fourth-order valence-electron chi connectivity index (χ4n) is 3.01. The van der Waals surface area contributed by atoms with Crippen molar-refractivity contribution in [2.75, 3.05) is 11.4 Å². The average molecular weight is 242 g/mol. The smallest absolute Gasteiger partial charge is 0.101 e. The van der Waals surface area contributed by atoms with Gasteiger partial charge in [-0.15, -0.1) is 0 Å². The molecular formula is C16H22N2. The standard InChI is InChI=1S/C16H22N2/c1-11-5-6-15(9-17)16(8-11)18-10-12(2)7-13(3)14(18)4/h5-6,8,12-14H,7,10H2,1-4H3. The molecule has 0 aromatic heterocycles. The molecule has 2 heteroatoms. The van der Waals surface area contributed by atoms with Crippen LogP contribution in [-0.2, 0) is 0 Å². The molecule has 2 nitrogen and oxygen atoms in total. The normalized spacial score (nSPS) is 27.9. The van der Waals surface area contributed by atoms with Crippen LogP contribution in [0.3, 0.4) is 0 Å². The summed E-state index contributed by atoms with van der Waals surface area (Å²) in [6.07, 6.45) is 1.28. The lowest BCUT2D eigenvalue weighted by atomic mass is 9.85. The number of nitrogens with zero attached hydrogens (tertiary/aromatic N) is 2. The second-order valence-corrected chi connectivity index (χ2v) is 5.84. The van der Waals surface area contributed by atoms with Crippen molar-refractivity contribution in [3.8, 4) is 6.07 Å². The minimum Gasteiger partial charge on any atom is -0.367 e. The maximum Gasteiger partial charge on any atom is 0.101 e. The Labute approximate surface area is 110 Å². The Morgan fingerprint density at radius 1 is 1.28 bits per heavy atom. The first-order valence-electron chi connectivity index (χ1n) is 6.80. The number of hydrogen-bond acceptors (Lipinski definition) is 2. The molecule has 3 unspecified atom stereocenters. The molecule has 0 radical (unpaired) electrons. The summed E-state index contributed by atoms with van der Waals surface area (Å²) < 4.78 is 0. The lowest BCUT2D eigenvalue weighted by molar-refractivity contribution is 0.297. The first kappa shape index (κ1) is 13.0. The number of anilines is 1. The molecule has 96 valence electrons. The zero-order chi connectivity index (χ0) is 13.3. The third-order valence-corrected chi connectivity index (χ3v) is 4.18. The van der Waals surface area contributed by atoms with Gasteiger partial charge < -0.3 is 4.90 Å². The molecule has 0 aliphatic carbocycles. The summed E-state index contributed by atoms with van der Waals surface area (Å²) in [5.74, 6) is 1.38. The highest BCUT2D eigenvalue weighted by atomic mass is 15.2. The Kier molecular flexibility index (Phi) is 3.61. The van der Waals surface area contributed by atoms with Crippen LogP contribution < -0.4 is 4.90 Å². The highest BCUT2D eigenvalue weighted by Gasteiger charge is 2.30. The molecule has 1 saturated heterocycles. The highest BCUT2D eigenvalue weighted by molar-refractivity contribution is 5.61. The van der Waals surface area contributed by atoms with E-state index in [1.54, 1.807) is 0 Å². The van der Waals surface area contributed by atoms with E-state index in [9.17, 15) is 5.26 Å². The summed E-state index contributed by atoms with van der Waals surface area (Å²) in [5.41, 5.74) is 3.14. The summed E-state index contributed by atoms with van der Waals surface area (Å²) in [6, 6.07) is 8.95. The number of benzene rings is 1. The van der Waals surface area contributed by atoms with Gasteiger partial charge >= 0.3 is 0 Å². The van der Waals surface area contributed by atoms with E-state index in [0.29, 0.717) is 17.9 Å². The van der Waals surface area contributed by atoms with Crippen molar-refractivity contribution in [3.05, 3.63) is 29.3 Å². The molecule has 3 atom stereocenters. The van der Waals surface area contributed by atoms with Gasteiger partial charge in [0.2, 0.25) is 0 Å². The molecule has 1 aromatic rings. The zero-order valence-corrected chi connectivity index (χ0v) is 11.8. The number of hydrogen-bond donors (Lipinski definition) is 0. The van der Waals surface area contributed by atoms with Crippen LogP contribution in [0.15, 0.2) is 18.2 Å². The number of piperidine rings is 1. The van der Waals surface area contributed by atoms with E-state index in [0.717, 1.165) is 17.8 Å². The lowest BCUT2D eigenvalue weighted by Gasteiger charge is -2.43. The van der Waals surface area contributed by atoms with Crippen molar-refractivity contribution in [2.45, 2.75) is 40.2 Å². The minimum atomic E-state index is 0.509. The first-order chi connectivity index (χ1) is 8.52. The van der Waals surface area contributed by atoms with Crippen LogP contribution in [-0.4, -0.2) is 12.6 Å². The second-order valence-electron chi connectivity index (χ2n) is 5.84. The Balaban J connectivity index is 2.41. The molecule has 0 spiro atoms. The summed E-state index contributed by atoms with van der Waals surface area (Å²) in [4.78, 5) is 2.42. The van der Waals surface area contributed by atoms with Crippen LogP contribution in [0.1, 0.15) is 38.3 Å². The van der Waals surface area contributed by atoms with Gasteiger partial charge in [0.05, 0.1) is 11.3 Å². The van der Waals surface area contributed by atoms with Crippen molar-refractivity contribution in [3.63, 3.8) is 0 Å². The summed E-state index contributed by atoms with van der Waals surface area (Å²) in [6.45, 7) is 10.0. The van der Waals surface area contributed by atoms with Crippen molar-refractivity contribution >= 4 is 5.69 Å². The molecule has 1 aliphatic rings. The van der Waals surface area contributed by atoms with Crippen molar-refractivity contribution in [1.29, 1.82) is 5.26 Å². The quantitative estimate of drug-likeness (QED) is 0.750. The van der Waals surface area contributed by atoms with Gasteiger partial charge in [0.1, 0.15) is 6.07 Å². The third-order valence-electron chi connectivity index (χ3n) is 4.18. The Hall–Kier alpha value is -1.49. The van der Waals surface area contributed by atoms with Gasteiger partial charge in [0.25, 0.3) is 0 Å². The van der Waals surface area contributed by atoms with Crippen molar-refractivity contribution in [1.82, 2.24) is 0 Å². The van der Waals surface area contributed by atoms with E-state index < -0.39 is 0 Å². The van der Waals surface area contributed by atoms with Crippen LogP contribution in [0.2, 0.25) is 0 Å². The molecular weight excluding hydrogens is 220 g/mol. The molecule has 0 N–H and O–H groups in total. The summed E-state index contributed by atoms with van der Waals surface area (Å²) in [7, 11) is 0. The van der Waals surface area contributed by atoms with Gasteiger partial charge in [-0.3, -0.25) is 0 Å². The topological polar surface area (TPSA) is 27.0 Å². The molecule has 0 bridgehead atoms. The zero-order valence-electron chi connectivity index (χ0n) is 11.8. The predicted molar refractivity (Wildman–Crippen MR) is 75.6 cm³/mol. The van der Waals surface area contributed by atoms with Gasteiger partial charge in [-0.1, -0.05) is 19.9 Å². The van der Waals surface area contributed by atoms with Crippen molar-refractivity contribution in [2.24, 2.45) is 11.8 Å². The average Bonchev–Trinajstić information content (AvgIpc) is 2.33. The van der Waals surface area contributed by atoms with Gasteiger partial charge in [-0.2, -0.15) is 5.26 Å². The molecule has 1 aromatic carbocycles. The SMILES string of the molecule is Cc1ccc(C#N)c(N2CC(C)CC(C)C2C)c1. The van der Waals surface area contributed by atoms with Crippen molar-refractivity contribution < 1.29 is 0 Å². The molecule has 1 heterocycles. The van der Waals surface area contributed by atoms with E-state index in [1.165, 1.54) is 12.0 Å². The van der Waals surface area contributed by atoms with E-state index in [4.69, 9.17) is 0 Å². The second kappa shape index (κ2) is 5.02. The van der Waals surface area contributed by atoms with Crippen LogP contribution in [0, 0.1) is 30.1 Å². The monoisotopic (exact) mass is 242 g/mol. The lowest BCUT2D eigenvalue weighted by Crippen LogP contribution is -2.46. The van der Waals surface area contributed by atoms with Crippen LogP contribution in [0.5, 0.6) is 0 Å². The predicted octanol–water partition coefficient (Wildman–Crippen LogP) is 3.74. The van der Waals surface area contributed by atoms with Gasteiger partial charge in [0.15, 0.2) is 0 Å². The fourth-order valence-corrected chi connectivity index (χ4v) is 3.01. The number of rotatable bonds is 1. The molecule has 0 amide bonds. The molecule has 0 saturated carbocycles. The summed E-state index contributed by atoms with van der Waals surface area (Å²) >= 11 is 0. The maximum atomic E-state index is 9.28. The maximum absolute atomic E-state index is 9.28. The van der Waals surface area contributed by atoms with E-state index in [2.05, 4.69) is 44.7 Å². The van der Waals surface area contributed by atoms with Crippen LogP contribution in [0.25, 0.3) is 0 Å². The molecule has 18 heavy (non-hydrogen) atoms. The van der Waals surface area contributed by atoms with E-state index in [-0.39, 0.29) is 0 Å². The van der Waals surface area contributed by atoms with Crippen LogP contribution >= 0.6 is 0 Å². The largest absolute Gasteiger partial charge is 0.367 e. The Morgan fingerprint density at radius 3 is 2.67 bits per heavy atom. The van der Waals surface area contributed by atoms with E-state index >= 15 is 0 Å². The Morgan fingerprint density at radius 2 is 2.00 bits per heavy atom. The molecule has 1 fully saturated rings. The molecule has 1 aliphatic heterocycles. The molecule has 2 rings (SSSR count). The van der Waals surface area contributed by atoms with E-state index in [1.807, 2.05) is 12.1 Å². The Bertz CT molecular complexity index is 472. The third kappa shape index (κ3) is 2.36.